The highest BCUT2D eigenvalue weighted by molar-refractivity contribution is 7.68. The van der Waals surface area contributed by atoms with Crippen LogP contribution in [0.15, 0.2) is 17.1 Å². The van der Waals surface area contributed by atoms with Gasteiger partial charge in [0, 0.05) is 12.6 Å². The molecule has 21 heteroatoms. The number of anilines is 1. The lowest BCUT2D eigenvalue weighted by Crippen LogP contribution is -2.46. The molecule has 0 bridgehead atoms. The Morgan fingerprint density at radius 1 is 1.31 bits per heavy atom. The molecule has 1 fully saturated rings. The topological polar surface area (TPSA) is 241 Å². The van der Waals surface area contributed by atoms with E-state index >= 15 is 0 Å². The average molecular weight is 550 g/mol. The van der Waals surface area contributed by atoms with Crippen LogP contribution in [0.2, 0.25) is 0 Å². The molecule has 1 aromatic rings. The molecule has 15 nitrogen and oxygen atoms in total. The van der Waals surface area contributed by atoms with E-state index in [1.54, 1.807) is 0 Å². The summed E-state index contributed by atoms with van der Waals surface area (Å²) in [6, 6.07) is 1.08. The lowest BCUT2D eigenvalue weighted by molar-refractivity contribution is -0.100. The molecule has 0 saturated carbocycles. The molecule has 1 aromatic heterocycles. The fourth-order valence-electron chi connectivity index (χ4n) is 2.73. The summed E-state index contributed by atoms with van der Waals surface area (Å²) in [5, 5.41) is 10.2. The first-order valence-corrected chi connectivity index (χ1v) is 13.3. The van der Waals surface area contributed by atoms with Crippen molar-refractivity contribution in [2.75, 3.05) is 11.6 Å². The SMILES string of the molecule is Nc1ccn([C@@H]2O[C@](CCl)(C[C@@H](F)P(=O)(O)OP(=O)(O)OP(=O)(O)O)[C@@H](O)[C@H]2F)c(=O)n1. The zero-order valence-corrected chi connectivity index (χ0v) is 18.9. The number of aromatic nitrogens is 2. The van der Waals surface area contributed by atoms with Crippen LogP contribution in [-0.2, 0) is 27.1 Å². The number of aliphatic hydroxyl groups excluding tert-OH is 1. The van der Waals surface area contributed by atoms with E-state index in [1.807, 2.05) is 0 Å². The van der Waals surface area contributed by atoms with Gasteiger partial charge in [-0.1, -0.05) is 0 Å². The lowest BCUT2D eigenvalue weighted by atomic mass is 9.94. The summed E-state index contributed by atoms with van der Waals surface area (Å²) in [6.07, 6.45) is -7.09. The van der Waals surface area contributed by atoms with Crippen molar-refractivity contribution in [3.63, 3.8) is 0 Å². The van der Waals surface area contributed by atoms with Gasteiger partial charge in [-0.3, -0.25) is 9.13 Å². The number of rotatable bonds is 9. The van der Waals surface area contributed by atoms with Crippen molar-refractivity contribution < 1.29 is 60.5 Å². The van der Waals surface area contributed by atoms with Gasteiger partial charge in [0.15, 0.2) is 12.4 Å². The predicted molar refractivity (Wildman–Crippen MR) is 101 cm³/mol. The first kappa shape index (κ1) is 27.4. The number of halogens is 3. The van der Waals surface area contributed by atoms with Crippen LogP contribution >= 0.6 is 34.8 Å². The van der Waals surface area contributed by atoms with Gasteiger partial charge in [-0.2, -0.15) is 9.29 Å². The van der Waals surface area contributed by atoms with Gasteiger partial charge in [0.1, 0.15) is 17.5 Å². The van der Waals surface area contributed by atoms with Gasteiger partial charge in [-0.25, -0.2) is 27.0 Å². The second-order valence-corrected chi connectivity index (χ2v) is 11.6. The normalized spacial score (nSPS) is 31.1. The van der Waals surface area contributed by atoms with Gasteiger partial charge in [-0.05, 0) is 6.07 Å². The molecule has 0 aromatic carbocycles. The number of alkyl halides is 3. The minimum absolute atomic E-state index is 0.225. The molecule has 1 saturated heterocycles. The number of nitrogens with two attached hydrogens (primary N) is 1. The summed E-state index contributed by atoms with van der Waals surface area (Å²) in [5.41, 5.74) is 1.74. The van der Waals surface area contributed by atoms with Crippen molar-refractivity contribution in [3.05, 3.63) is 22.7 Å². The van der Waals surface area contributed by atoms with Crippen molar-refractivity contribution in [1.29, 1.82) is 0 Å². The molecular formula is C11H17ClF2N3O12P3. The van der Waals surface area contributed by atoms with Crippen molar-refractivity contribution in [2.45, 2.75) is 36.4 Å². The van der Waals surface area contributed by atoms with Crippen molar-refractivity contribution in [2.24, 2.45) is 0 Å². The van der Waals surface area contributed by atoms with Crippen LogP contribution < -0.4 is 11.4 Å². The minimum Gasteiger partial charge on any atom is -0.387 e. The number of ether oxygens (including phenoxy) is 1. The molecule has 7 N–H and O–H groups in total. The third-order valence-corrected chi connectivity index (χ3v) is 8.90. The zero-order chi connectivity index (χ0) is 24.7. The number of phosphoric acid groups is 2. The Morgan fingerprint density at radius 3 is 2.41 bits per heavy atom. The van der Waals surface area contributed by atoms with Crippen molar-refractivity contribution >= 4 is 40.7 Å². The van der Waals surface area contributed by atoms with Gasteiger partial charge in [0.05, 0.1) is 5.88 Å². The van der Waals surface area contributed by atoms with Crippen LogP contribution in [0.5, 0.6) is 0 Å². The monoisotopic (exact) mass is 549 g/mol. The standard InChI is InChI=1S/C11H17ClF2N3O12P3/c12-4-11(3-5(13)30(20,21)28-32(25,26)29-31(22,23)24)8(18)7(14)9(27-11)17-2-1-6(15)16-10(17)19/h1-2,5,7-9,18H,3-4H2,(H,20,21)(H,25,26)(H2,15,16,19)(H2,22,23,24)/t5-,7+,8-,9+,11-/m0/s1. The molecule has 1 aliphatic heterocycles. The van der Waals surface area contributed by atoms with E-state index in [2.05, 4.69) is 13.6 Å². The minimum atomic E-state index is -5.96. The van der Waals surface area contributed by atoms with E-state index in [-0.39, 0.29) is 5.82 Å². The van der Waals surface area contributed by atoms with E-state index in [9.17, 15) is 37.3 Å². The fraction of sp³-hybridized carbons (Fsp3) is 0.636. The molecule has 7 atom stereocenters. The number of nitrogens with zero attached hydrogens (tertiary/aromatic N) is 2. The van der Waals surface area contributed by atoms with Crippen LogP contribution in [0.1, 0.15) is 12.6 Å². The third-order valence-electron chi connectivity index (χ3n) is 4.12. The summed E-state index contributed by atoms with van der Waals surface area (Å²) in [5.74, 6) is -4.33. The molecular weight excluding hydrogens is 533 g/mol. The average Bonchev–Trinajstić information content (AvgIpc) is 2.84. The Labute approximate surface area is 182 Å². The maximum Gasteiger partial charge on any atom is 0.488 e. The lowest BCUT2D eigenvalue weighted by Gasteiger charge is -2.31. The third kappa shape index (κ3) is 6.20. The molecule has 184 valence electrons. The molecule has 2 heterocycles. The molecule has 0 spiro atoms. The molecule has 2 unspecified atom stereocenters. The molecule has 0 aliphatic carbocycles. The van der Waals surface area contributed by atoms with Gasteiger partial charge in [0.2, 0.25) is 5.91 Å². The Morgan fingerprint density at radius 2 is 1.91 bits per heavy atom. The highest BCUT2D eigenvalue weighted by atomic mass is 35.5. The molecule has 0 amide bonds. The Hall–Kier alpha value is -0.800. The number of nitrogen functional groups attached to an aromatic ring is 1. The Kier molecular flexibility index (Phi) is 8.10. The highest BCUT2D eigenvalue weighted by Gasteiger charge is 2.59. The van der Waals surface area contributed by atoms with Crippen LogP contribution in [-0.4, -0.2) is 63.9 Å². The number of hydrogen-bond acceptors (Lipinski definition) is 10. The second-order valence-electron chi connectivity index (χ2n) is 6.46. The van der Waals surface area contributed by atoms with Crippen LogP contribution in [0, 0.1) is 0 Å². The van der Waals surface area contributed by atoms with Gasteiger partial charge >= 0.3 is 28.9 Å². The van der Waals surface area contributed by atoms with Crippen molar-refractivity contribution in [1.82, 2.24) is 9.55 Å². The first-order chi connectivity index (χ1) is 14.4. The van der Waals surface area contributed by atoms with Crippen molar-refractivity contribution in [3.8, 4) is 0 Å². The van der Waals surface area contributed by atoms with Gasteiger partial charge in [-0.15, -0.1) is 11.6 Å². The second kappa shape index (κ2) is 9.45. The summed E-state index contributed by atoms with van der Waals surface area (Å²) in [7, 11) is -17.5. The fourth-order valence-corrected chi connectivity index (χ4v) is 6.66. The maximum absolute atomic E-state index is 14.7. The first-order valence-electron chi connectivity index (χ1n) is 8.11. The van der Waals surface area contributed by atoms with E-state index in [0.29, 0.717) is 4.57 Å². The number of hydrogen-bond donors (Lipinski definition) is 6. The Bertz CT molecular complexity index is 1060. The summed E-state index contributed by atoms with van der Waals surface area (Å²) in [6.45, 7) is 0. The molecule has 32 heavy (non-hydrogen) atoms. The van der Waals surface area contributed by atoms with Gasteiger partial charge < -0.3 is 35.2 Å². The molecule has 2 rings (SSSR count). The van der Waals surface area contributed by atoms with Gasteiger partial charge in [0.25, 0.3) is 0 Å². The maximum atomic E-state index is 14.7. The predicted octanol–water partition coefficient (Wildman–Crippen LogP) is 0.128. The van der Waals surface area contributed by atoms with Crippen LogP contribution in [0.3, 0.4) is 0 Å². The summed E-state index contributed by atoms with van der Waals surface area (Å²) >= 11 is 5.67. The summed E-state index contributed by atoms with van der Waals surface area (Å²) < 4.78 is 76.1. The smallest absolute Gasteiger partial charge is 0.387 e. The number of aliphatic hydroxyl groups is 1. The zero-order valence-electron chi connectivity index (χ0n) is 15.4. The van der Waals surface area contributed by atoms with Crippen LogP contribution in [0.4, 0.5) is 14.6 Å². The quantitative estimate of drug-likeness (QED) is 0.177. The van der Waals surface area contributed by atoms with E-state index in [1.165, 1.54) is 0 Å². The van der Waals surface area contributed by atoms with E-state index in [0.717, 1.165) is 12.3 Å². The highest BCUT2D eigenvalue weighted by Crippen LogP contribution is 2.68. The molecule has 0 radical (unpaired) electrons. The van der Waals surface area contributed by atoms with E-state index in [4.69, 9.17) is 36.8 Å². The summed E-state index contributed by atoms with van der Waals surface area (Å²) in [4.78, 5) is 51.0. The van der Waals surface area contributed by atoms with Crippen LogP contribution in [0.25, 0.3) is 0 Å². The van der Waals surface area contributed by atoms with E-state index < -0.39 is 71.2 Å². The molecule has 1 aliphatic rings. The largest absolute Gasteiger partial charge is 0.488 e. The Balaban J connectivity index is 2.28.